The zero-order valence-corrected chi connectivity index (χ0v) is 9.29. The quantitative estimate of drug-likeness (QED) is 0.776. The van der Waals surface area contributed by atoms with Gasteiger partial charge in [-0.15, -0.1) is 11.3 Å². The van der Waals surface area contributed by atoms with Gasteiger partial charge in [-0.05, 0) is 18.6 Å². The van der Waals surface area contributed by atoms with E-state index < -0.39 is 12.1 Å². The molecular weight excluding hydrogens is 216 g/mol. The number of aliphatic hydroxyl groups is 1. The zero-order valence-electron chi connectivity index (χ0n) is 8.47. The Hall–Kier alpha value is -0.910. The van der Waals surface area contributed by atoms with Crippen molar-refractivity contribution in [1.29, 1.82) is 0 Å². The molecule has 0 aromatic carbocycles. The summed E-state index contributed by atoms with van der Waals surface area (Å²) in [5, 5.41) is 18.0. The third-order valence-electron chi connectivity index (χ3n) is 1.86. The fourth-order valence-corrected chi connectivity index (χ4v) is 2.03. The van der Waals surface area contributed by atoms with E-state index in [-0.39, 0.29) is 13.2 Å². The first-order valence-electron chi connectivity index (χ1n) is 4.69. The van der Waals surface area contributed by atoms with Crippen LogP contribution < -0.4 is 0 Å². The maximum Gasteiger partial charge on any atom is 0.329 e. The molecule has 0 amide bonds. The van der Waals surface area contributed by atoms with E-state index in [2.05, 4.69) is 0 Å². The van der Waals surface area contributed by atoms with E-state index >= 15 is 0 Å². The first-order valence-corrected chi connectivity index (χ1v) is 5.51. The average Bonchev–Trinajstić information content (AvgIpc) is 2.65. The van der Waals surface area contributed by atoms with E-state index in [1.54, 1.807) is 0 Å². The number of carboxylic acid groups (broad SMARTS) is 1. The lowest BCUT2D eigenvalue weighted by molar-refractivity contribution is -0.143. The number of hydrogen-bond acceptors (Lipinski definition) is 4. The Kier molecular flexibility index (Phi) is 4.74. The van der Waals surface area contributed by atoms with Gasteiger partial charge in [-0.1, -0.05) is 6.92 Å². The Morgan fingerprint density at radius 3 is 2.87 bits per heavy atom. The van der Waals surface area contributed by atoms with E-state index in [1.165, 1.54) is 16.2 Å². The minimum Gasteiger partial charge on any atom is -0.480 e. The highest BCUT2D eigenvalue weighted by Crippen LogP contribution is 2.23. The SMILES string of the molecule is CCc1ccc(C(O)COCC(=O)O)s1. The minimum absolute atomic E-state index is 0.0238. The summed E-state index contributed by atoms with van der Waals surface area (Å²) in [4.78, 5) is 12.2. The summed E-state index contributed by atoms with van der Waals surface area (Å²) in [5.74, 6) is -1.03. The molecule has 5 heteroatoms. The number of ether oxygens (including phenoxy) is 1. The molecule has 0 saturated heterocycles. The van der Waals surface area contributed by atoms with Crippen LogP contribution in [0.15, 0.2) is 12.1 Å². The molecule has 0 aliphatic carbocycles. The number of carboxylic acids is 1. The second kappa shape index (κ2) is 5.85. The van der Waals surface area contributed by atoms with E-state index in [1.807, 2.05) is 19.1 Å². The van der Waals surface area contributed by atoms with Gasteiger partial charge in [0.15, 0.2) is 0 Å². The lowest BCUT2D eigenvalue weighted by atomic mass is 10.3. The summed E-state index contributed by atoms with van der Waals surface area (Å²) in [6, 6.07) is 3.80. The monoisotopic (exact) mass is 230 g/mol. The molecule has 15 heavy (non-hydrogen) atoms. The predicted octanol–water partition coefficient (Wildman–Crippen LogP) is 1.45. The first-order chi connectivity index (χ1) is 7.13. The van der Waals surface area contributed by atoms with Crippen molar-refractivity contribution in [1.82, 2.24) is 0 Å². The van der Waals surface area contributed by atoms with Crippen LogP contribution in [0.4, 0.5) is 0 Å². The van der Waals surface area contributed by atoms with Gasteiger partial charge >= 0.3 is 5.97 Å². The molecule has 0 aliphatic heterocycles. The molecule has 4 nitrogen and oxygen atoms in total. The van der Waals surface area contributed by atoms with E-state index in [0.29, 0.717) is 0 Å². The number of aryl methyl sites for hydroxylation is 1. The summed E-state index contributed by atoms with van der Waals surface area (Å²) in [7, 11) is 0. The Morgan fingerprint density at radius 1 is 1.60 bits per heavy atom. The van der Waals surface area contributed by atoms with Gasteiger partial charge in [0.05, 0.1) is 6.61 Å². The summed E-state index contributed by atoms with van der Waals surface area (Å²) < 4.78 is 4.81. The molecule has 0 spiro atoms. The first kappa shape index (κ1) is 12.2. The summed E-state index contributed by atoms with van der Waals surface area (Å²) in [6.07, 6.45) is 0.211. The van der Waals surface area contributed by atoms with Crippen molar-refractivity contribution < 1.29 is 19.7 Å². The second-order valence-corrected chi connectivity index (χ2v) is 4.28. The Bertz CT molecular complexity index is 321. The van der Waals surface area contributed by atoms with Gasteiger partial charge in [0.2, 0.25) is 0 Å². The van der Waals surface area contributed by atoms with Crippen LogP contribution in [0.25, 0.3) is 0 Å². The van der Waals surface area contributed by atoms with Crippen molar-refractivity contribution in [2.45, 2.75) is 19.4 Å². The normalized spacial score (nSPS) is 12.7. The molecule has 1 unspecified atom stereocenters. The Balaban J connectivity index is 2.39. The van der Waals surface area contributed by atoms with Crippen molar-refractivity contribution in [3.63, 3.8) is 0 Å². The van der Waals surface area contributed by atoms with Crippen LogP contribution in [0.5, 0.6) is 0 Å². The van der Waals surface area contributed by atoms with Crippen LogP contribution in [-0.4, -0.2) is 29.4 Å². The van der Waals surface area contributed by atoms with Crippen molar-refractivity contribution in [3.05, 3.63) is 21.9 Å². The van der Waals surface area contributed by atoms with Gasteiger partial charge < -0.3 is 14.9 Å². The molecule has 1 heterocycles. The predicted molar refractivity (Wildman–Crippen MR) is 57.1 cm³/mol. The maximum atomic E-state index is 10.2. The molecule has 1 atom stereocenters. The fourth-order valence-electron chi connectivity index (χ4n) is 1.10. The van der Waals surface area contributed by atoms with E-state index in [0.717, 1.165) is 11.3 Å². The topological polar surface area (TPSA) is 66.8 Å². The number of rotatable bonds is 6. The minimum atomic E-state index is -1.03. The van der Waals surface area contributed by atoms with Gasteiger partial charge in [0.1, 0.15) is 12.7 Å². The molecule has 0 saturated carbocycles. The molecule has 0 fully saturated rings. The van der Waals surface area contributed by atoms with Crippen LogP contribution in [0.1, 0.15) is 22.8 Å². The van der Waals surface area contributed by atoms with Crippen molar-refractivity contribution in [2.24, 2.45) is 0 Å². The Morgan fingerprint density at radius 2 is 2.33 bits per heavy atom. The number of carbonyl (C=O) groups is 1. The maximum absolute atomic E-state index is 10.2. The molecular formula is C10H14O4S. The Labute approximate surface area is 92.1 Å². The third-order valence-corrected chi connectivity index (χ3v) is 3.19. The van der Waals surface area contributed by atoms with Crippen LogP contribution >= 0.6 is 11.3 Å². The van der Waals surface area contributed by atoms with Gasteiger partial charge in [0.25, 0.3) is 0 Å². The molecule has 0 aliphatic rings. The number of thiophene rings is 1. The largest absolute Gasteiger partial charge is 0.480 e. The molecule has 1 aromatic rings. The lowest BCUT2D eigenvalue weighted by Gasteiger charge is -2.07. The van der Waals surface area contributed by atoms with Gasteiger partial charge in [-0.3, -0.25) is 0 Å². The lowest BCUT2D eigenvalue weighted by Crippen LogP contribution is -2.12. The van der Waals surface area contributed by atoms with Crippen molar-refractivity contribution in [3.8, 4) is 0 Å². The van der Waals surface area contributed by atoms with Crippen LogP contribution in [0.2, 0.25) is 0 Å². The van der Waals surface area contributed by atoms with E-state index in [9.17, 15) is 9.90 Å². The molecule has 2 N–H and O–H groups in total. The summed E-state index contributed by atoms with van der Waals surface area (Å²) in [6.45, 7) is 1.70. The number of aliphatic hydroxyl groups excluding tert-OH is 1. The van der Waals surface area contributed by atoms with Crippen molar-refractivity contribution in [2.75, 3.05) is 13.2 Å². The molecule has 1 rings (SSSR count). The van der Waals surface area contributed by atoms with Crippen LogP contribution in [0, 0.1) is 0 Å². The summed E-state index contributed by atoms with van der Waals surface area (Å²) >= 11 is 1.52. The smallest absolute Gasteiger partial charge is 0.329 e. The zero-order chi connectivity index (χ0) is 11.3. The summed E-state index contributed by atoms with van der Waals surface area (Å²) in [5.41, 5.74) is 0. The average molecular weight is 230 g/mol. The van der Waals surface area contributed by atoms with Crippen molar-refractivity contribution >= 4 is 17.3 Å². The molecule has 0 bridgehead atoms. The fraction of sp³-hybridized carbons (Fsp3) is 0.500. The van der Waals surface area contributed by atoms with Gasteiger partial charge in [-0.25, -0.2) is 4.79 Å². The van der Waals surface area contributed by atoms with Crippen LogP contribution in [-0.2, 0) is 16.0 Å². The highest BCUT2D eigenvalue weighted by atomic mass is 32.1. The van der Waals surface area contributed by atoms with E-state index in [4.69, 9.17) is 9.84 Å². The standard InChI is InChI=1S/C10H14O4S/c1-2-7-3-4-9(15-7)8(11)5-14-6-10(12)13/h3-4,8,11H,2,5-6H2,1H3,(H,12,13). The molecule has 1 aromatic heterocycles. The van der Waals surface area contributed by atoms with Gasteiger partial charge in [0, 0.05) is 9.75 Å². The number of aliphatic carboxylic acids is 1. The molecule has 84 valence electrons. The van der Waals surface area contributed by atoms with Gasteiger partial charge in [-0.2, -0.15) is 0 Å². The number of hydrogen-bond donors (Lipinski definition) is 2. The third kappa shape index (κ3) is 3.99. The second-order valence-electron chi connectivity index (χ2n) is 3.08. The highest BCUT2D eigenvalue weighted by Gasteiger charge is 2.11. The highest BCUT2D eigenvalue weighted by molar-refractivity contribution is 7.12. The van der Waals surface area contributed by atoms with Crippen LogP contribution in [0.3, 0.4) is 0 Å². The molecule has 0 radical (unpaired) electrons.